The monoisotopic (exact) mass is 296 g/mol. The molecule has 0 bridgehead atoms. The summed E-state index contributed by atoms with van der Waals surface area (Å²) >= 11 is 3.34. The van der Waals surface area contributed by atoms with Gasteiger partial charge in [0.15, 0.2) is 0 Å². The van der Waals surface area contributed by atoms with E-state index in [4.69, 9.17) is 5.26 Å². The van der Waals surface area contributed by atoms with Crippen molar-refractivity contribution < 1.29 is 9.18 Å². The Labute approximate surface area is 107 Å². The Morgan fingerprint density at radius 3 is 2.88 bits per heavy atom. The van der Waals surface area contributed by atoms with Crippen LogP contribution in [0.1, 0.15) is 12.0 Å². The lowest BCUT2D eigenvalue weighted by Crippen LogP contribution is -2.24. The average molecular weight is 297 g/mol. The number of benzene rings is 1. The van der Waals surface area contributed by atoms with E-state index in [1.54, 1.807) is 0 Å². The largest absolute Gasteiger partial charge is 0.312 e. The lowest BCUT2D eigenvalue weighted by molar-refractivity contribution is -0.117. The van der Waals surface area contributed by atoms with Crippen molar-refractivity contribution in [3.05, 3.63) is 29.6 Å². The zero-order chi connectivity index (χ0) is 12.4. The highest BCUT2D eigenvalue weighted by Gasteiger charge is 2.30. The standard InChI is InChI=1S/C12H10BrFN2O/c13-5-9-3-12(17)16(7-9)11-2-8(6-15)1-10(14)4-11/h1-2,4,9H,3,5,7H2. The molecule has 1 unspecified atom stereocenters. The van der Waals surface area contributed by atoms with Gasteiger partial charge in [-0.25, -0.2) is 4.39 Å². The minimum atomic E-state index is -0.492. The summed E-state index contributed by atoms with van der Waals surface area (Å²) in [5.74, 6) is -0.269. The Balaban J connectivity index is 2.32. The zero-order valence-electron chi connectivity index (χ0n) is 8.99. The molecule has 1 aromatic carbocycles. The van der Waals surface area contributed by atoms with Gasteiger partial charge in [0.25, 0.3) is 0 Å². The SMILES string of the molecule is N#Cc1cc(F)cc(N2CC(CBr)CC2=O)c1. The first-order valence-corrected chi connectivity index (χ1v) is 6.33. The summed E-state index contributed by atoms with van der Waals surface area (Å²) in [7, 11) is 0. The first-order valence-electron chi connectivity index (χ1n) is 5.21. The fourth-order valence-corrected chi connectivity index (χ4v) is 2.36. The number of carbonyl (C=O) groups is 1. The smallest absolute Gasteiger partial charge is 0.227 e. The predicted molar refractivity (Wildman–Crippen MR) is 65.4 cm³/mol. The number of nitrogens with zero attached hydrogens (tertiary/aromatic N) is 2. The Bertz CT molecular complexity index is 498. The van der Waals surface area contributed by atoms with Gasteiger partial charge in [-0.1, -0.05) is 15.9 Å². The van der Waals surface area contributed by atoms with Crippen molar-refractivity contribution in [2.24, 2.45) is 5.92 Å². The molecule has 1 amide bonds. The third-order valence-electron chi connectivity index (χ3n) is 2.75. The number of hydrogen-bond donors (Lipinski definition) is 0. The molecule has 0 aromatic heterocycles. The first-order chi connectivity index (χ1) is 8.13. The van der Waals surface area contributed by atoms with Crippen LogP contribution < -0.4 is 4.90 Å². The molecule has 3 nitrogen and oxygen atoms in total. The van der Waals surface area contributed by atoms with Crippen molar-refractivity contribution >= 4 is 27.5 Å². The Morgan fingerprint density at radius 1 is 1.53 bits per heavy atom. The van der Waals surface area contributed by atoms with Crippen LogP contribution in [0.25, 0.3) is 0 Å². The molecule has 0 aliphatic carbocycles. The second-order valence-corrected chi connectivity index (χ2v) is 4.69. The van der Waals surface area contributed by atoms with Gasteiger partial charge >= 0.3 is 0 Å². The van der Waals surface area contributed by atoms with Gasteiger partial charge in [-0.2, -0.15) is 5.26 Å². The summed E-state index contributed by atoms with van der Waals surface area (Å²) < 4.78 is 13.3. The molecule has 5 heteroatoms. The number of rotatable bonds is 2. The molecule has 2 rings (SSSR count). The number of halogens is 2. The number of carbonyl (C=O) groups excluding carboxylic acids is 1. The van der Waals surface area contributed by atoms with Crippen molar-refractivity contribution in [2.75, 3.05) is 16.8 Å². The van der Waals surface area contributed by atoms with E-state index < -0.39 is 5.82 Å². The first kappa shape index (κ1) is 12.1. The molecule has 17 heavy (non-hydrogen) atoms. The van der Waals surface area contributed by atoms with Gasteiger partial charge in [-0.05, 0) is 24.1 Å². The lowest BCUT2D eigenvalue weighted by Gasteiger charge is -2.16. The third kappa shape index (κ3) is 2.47. The molecule has 1 aliphatic rings. The normalized spacial score (nSPS) is 19.5. The summed E-state index contributed by atoms with van der Waals surface area (Å²) in [6.45, 7) is 0.568. The van der Waals surface area contributed by atoms with Gasteiger partial charge < -0.3 is 4.90 Å². The van der Waals surface area contributed by atoms with Crippen LogP contribution >= 0.6 is 15.9 Å². The average Bonchev–Trinajstić information content (AvgIpc) is 2.69. The van der Waals surface area contributed by atoms with Crippen LogP contribution in [-0.2, 0) is 4.79 Å². The molecule has 0 spiro atoms. The molecule has 0 N–H and O–H groups in total. The van der Waals surface area contributed by atoms with Gasteiger partial charge in [0.2, 0.25) is 5.91 Å². The van der Waals surface area contributed by atoms with Crippen LogP contribution in [0.4, 0.5) is 10.1 Å². The summed E-state index contributed by atoms with van der Waals surface area (Å²) in [6, 6.07) is 5.87. The van der Waals surface area contributed by atoms with E-state index in [1.165, 1.54) is 17.0 Å². The van der Waals surface area contributed by atoms with Gasteiger partial charge in [0.1, 0.15) is 5.82 Å². The van der Waals surface area contributed by atoms with Crippen molar-refractivity contribution in [1.29, 1.82) is 5.26 Å². The van der Waals surface area contributed by atoms with Crippen LogP contribution in [-0.4, -0.2) is 17.8 Å². The van der Waals surface area contributed by atoms with E-state index in [9.17, 15) is 9.18 Å². The molecule has 1 atom stereocenters. The van der Waals surface area contributed by atoms with Crippen LogP contribution in [0.3, 0.4) is 0 Å². The van der Waals surface area contributed by atoms with Gasteiger partial charge in [0, 0.05) is 24.0 Å². The van der Waals surface area contributed by atoms with E-state index in [0.29, 0.717) is 18.7 Å². The van der Waals surface area contributed by atoms with Crippen molar-refractivity contribution in [3.8, 4) is 6.07 Å². The van der Waals surface area contributed by atoms with E-state index in [2.05, 4.69) is 15.9 Å². The molecule has 1 fully saturated rings. The molecule has 1 aliphatic heterocycles. The predicted octanol–water partition coefficient (Wildman–Crippen LogP) is 2.45. The molecule has 88 valence electrons. The second kappa shape index (κ2) is 4.84. The highest BCUT2D eigenvalue weighted by molar-refractivity contribution is 9.09. The van der Waals surface area contributed by atoms with Crippen LogP contribution in [0.2, 0.25) is 0 Å². The lowest BCUT2D eigenvalue weighted by atomic mass is 10.1. The minimum absolute atomic E-state index is 0.0241. The van der Waals surface area contributed by atoms with Gasteiger partial charge in [-0.3, -0.25) is 4.79 Å². The summed E-state index contributed by atoms with van der Waals surface area (Å²) in [6.07, 6.45) is 0.462. The zero-order valence-corrected chi connectivity index (χ0v) is 10.6. The van der Waals surface area contributed by atoms with Crippen molar-refractivity contribution in [3.63, 3.8) is 0 Å². The van der Waals surface area contributed by atoms with Crippen LogP contribution in [0, 0.1) is 23.1 Å². The maximum atomic E-state index is 13.3. The third-order valence-corrected chi connectivity index (χ3v) is 3.66. The number of anilines is 1. The topological polar surface area (TPSA) is 44.1 Å². The van der Waals surface area contributed by atoms with E-state index in [-0.39, 0.29) is 17.4 Å². The fraction of sp³-hybridized carbons (Fsp3) is 0.333. The molecule has 0 radical (unpaired) electrons. The quantitative estimate of drug-likeness (QED) is 0.787. The van der Waals surface area contributed by atoms with Crippen molar-refractivity contribution in [1.82, 2.24) is 0 Å². The number of hydrogen-bond acceptors (Lipinski definition) is 2. The Morgan fingerprint density at radius 2 is 2.29 bits per heavy atom. The molecule has 1 saturated heterocycles. The molecule has 1 heterocycles. The highest BCUT2D eigenvalue weighted by Crippen LogP contribution is 2.27. The van der Waals surface area contributed by atoms with E-state index in [1.807, 2.05) is 6.07 Å². The summed E-state index contributed by atoms with van der Waals surface area (Å²) in [5, 5.41) is 9.51. The number of alkyl halides is 1. The minimum Gasteiger partial charge on any atom is -0.312 e. The van der Waals surface area contributed by atoms with E-state index >= 15 is 0 Å². The van der Waals surface area contributed by atoms with Crippen LogP contribution in [0.15, 0.2) is 18.2 Å². The molecule has 1 aromatic rings. The van der Waals surface area contributed by atoms with Crippen LogP contribution in [0.5, 0.6) is 0 Å². The highest BCUT2D eigenvalue weighted by atomic mass is 79.9. The second-order valence-electron chi connectivity index (χ2n) is 4.04. The fourth-order valence-electron chi connectivity index (χ4n) is 1.93. The maximum absolute atomic E-state index is 13.3. The summed E-state index contributed by atoms with van der Waals surface area (Å²) in [5.41, 5.74) is 0.699. The Kier molecular flexibility index (Phi) is 3.43. The number of nitriles is 1. The maximum Gasteiger partial charge on any atom is 0.227 e. The summed E-state index contributed by atoms with van der Waals surface area (Å²) in [4.78, 5) is 13.3. The molecule has 0 saturated carbocycles. The van der Waals surface area contributed by atoms with E-state index in [0.717, 1.165) is 11.4 Å². The van der Waals surface area contributed by atoms with Crippen molar-refractivity contribution in [2.45, 2.75) is 6.42 Å². The molecular weight excluding hydrogens is 287 g/mol. The molecular formula is C12H10BrFN2O. The van der Waals surface area contributed by atoms with Gasteiger partial charge in [-0.15, -0.1) is 0 Å². The van der Waals surface area contributed by atoms with Gasteiger partial charge in [0.05, 0.1) is 11.6 Å². The Hall–Kier alpha value is -1.41. The number of amides is 1.